The van der Waals surface area contributed by atoms with E-state index in [4.69, 9.17) is 14.2 Å². The number of nitrogens with zero attached hydrogens (tertiary/aromatic N) is 1. The van der Waals surface area contributed by atoms with Crippen molar-refractivity contribution in [1.82, 2.24) is 0 Å². The van der Waals surface area contributed by atoms with E-state index < -0.39 is 11.1 Å². The third-order valence-electron chi connectivity index (χ3n) is 4.24. The maximum absolute atomic E-state index is 11.8. The first-order valence-corrected chi connectivity index (χ1v) is 9.59. The molecule has 1 aliphatic rings. The van der Waals surface area contributed by atoms with Crippen LogP contribution in [0.25, 0.3) is 0 Å². The summed E-state index contributed by atoms with van der Waals surface area (Å²) >= 11 is 0. The minimum Gasteiger partial charge on any atom is -0.493 e. The SMILES string of the molecule is O=C(OCc1ccc(OCC2C=C\C=C/C=C\C=C/2)cc1)Oc1ccc([N+](=O)[O-])cc1. The highest BCUT2D eigenvalue weighted by molar-refractivity contribution is 5.64. The Morgan fingerprint density at radius 1 is 0.839 bits per heavy atom. The summed E-state index contributed by atoms with van der Waals surface area (Å²) in [5, 5.41) is 10.6. The molecular weight excluding hydrogens is 398 g/mol. The number of ether oxygens (including phenoxy) is 3. The second-order valence-electron chi connectivity index (χ2n) is 6.55. The smallest absolute Gasteiger partial charge is 0.493 e. The number of nitro groups is 1. The van der Waals surface area contributed by atoms with Gasteiger partial charge in [-0.1, -0.05) is 60.7 Å². The molecule has 1 aliphatic carbocycles. The first-order chi connectivity index (χ1) is 15.1. The van der Waals surface area contributed by atoms with Gasteiger partial charge in [0.05, 0.1) is 11.5 Å². The van der Waals surface area contributed by atoms with Crippen LogP contribution < -0.4 is 9.47 Å². The minimum atomic E-state index is -0.893. The van der Waals surface area contributed by atoms with Crippen LogP contribution in [-0.4, -0.2) is 17.7 Å². The van der Waals surface area contributed by atoms with Gasteiger partial charge in [0.2, 0.25) is 0 Å². The molecule has 2 aromatic rings. The van der Waals surface area contributed by atoms with Crippen LogP contribution in [-0.2, 0) is 11.3 Å². The van der Waals surface area contributed by atoms with Gasteiger partial charge in [0, 0.05) is 18.1 Å². The molecule has 0 N–H and O–H groups in total. The highest BCUT2D eigenvalue weighted by atomic mass is 16.7. The zero-order chi connectivity index (χ0) is 21.9. The molecule has 1 unspecified atom stereocenters. The van der Waals surface area contributed by atoms with Gasteiger partial charge in [-0.3, -0.25) is 10.1 Å². The van der Waals surface area contributed by atoms with E-state index in [9.17, 15) is 14.9 Å². The van der Waals surface area contributed by atoms with Crippen molar-refractivity contribution in [2.24, 2.45) is 5.92 Å². The molecule has 0 heterocycles. The van der Waals surface area contributed by atoms with Crippen molar-refractivity contribution in [1.29, 1.82) is 0 Å². The van der Waals surface area contributed by atoms with Crippen LogP contribution in [0.5, 0.6) is 11.5 Å². The molecule has 0 saturated heterocycles. The van der Waals surface area contributed by atoms with E-state index in [1.165, 1.54) is 24.3 Å². The molecule has 0 bridgehead atoms. The summed E-state index contributed by atoms with van der Waals surface area (Å²) in [6.45, 7) is 0.533. The maximum atomic E-state index is 11.8. The van der Waals surface area contributed by atoms with Gasteiger partial charge < -0.3 is 14.2 Å². The number of carbonyl (C=O) groups excluding carboxylic acids is 1. The van der Waals surface area contributed by atoms with Gasteiger partial charge in [-0.05, 0) is 29.8 Å². The monoisotopic (exact) mass is 419 g/mol. The number of hydrogen-bond acceptors (Lipinski definition) is 6. The van der Waals surface area contributed by atoms with E-state index in [0.29, 0.717) is 12.4 Å². The summed E-state index contributed by atoms with van der Waals surface area (Å²) < 4.78 is 15.9. The van der Waals surface area contributed by atoms with E-state index in [1.807, 2.05) is 48.6 Å². The summed E-state index contributed by atoms with van der Waals surface area (Å²) in [7, 11) is 0. The van der Waals surface area contributed by atoms with Crippen LogP contribution in [0, 0.1) is 16.0 Å². The lowest BCUT2D eigenvalue weighted by Crippen LogP contribution is -2.10. The molecule has 3 rings (SSSR count). The van der Waals surface area contributed by atoms with Crippen molar-refractivity contribution in [2.75, 3.05) is 6.61 Å². The largest absolute Gasteiger partial charge is 0.514 e. The van der Waals surface area contributed by atoms with E-state index in [1.54, 1.807) is 12.1 Å². The summed E-state index contributed by atoms with van der Waals surface area (Å²) in [4.78, 5) is 21.9. The standard InChI is InChI=1S/C24H21NO6/c26-24(31-23-15-11-21(12-16-23)25(27)28)30-18-20-9-13-22(14-10-20)29-17-19-7-5-3-1-2-4-6-8-19/h1-16,19H,17-18H2/b3-1-,4-2-,7-5-,8-6?. The fraction of sp³-hybridized carbons (Fsp3) is 0.125. The molecule has 0 aliphatic heterocycles. The van der Waals surface area contributed by atoms with Gasteiger partial charge in [0.15, 0.2) is 0 Å². The van der Waals surface area contributed by atoms with E-state index >= 15 is 0 Å². The van der Waals surface area contributed by atoms with Gasteiger partial charge >= 0.3 is 6.16 Å². The fourth-order valence-corrected chi connectivity index (χ4v) is 2.62. The van der Waals surface area contributed by atoms with Gasteiger partial charge in [-0.15, -0.1) is 0 Å². The van der Waals surface area contributed by atoms with Crippen molar-refractivity contribution in [3.8, 4) is 11.5 Å². The number of hydrogen-bond donors (Lipinski definition) is 0. The lowest BCUT2D eigenvalue weighted by molar-refractivity contribution is -0.384. The van der Waals surface area contributed by atoms with E-state index in [0.717, 1.165) is 5.56 Å². The Kier molecular flexibility index (Phi) is 7.77. The predicted molar refractivity (Wildman–Crippen MR) is 116 cm³/mol. The van der Waals surface area contributed by atoms with Crippen molar-refractivity contribution in [3.63, 3.8) is 0 Å². The minimum absolute atomic E-state index is 0.0267. The predicted octanol–water partition coefficient (Wildman–Crippen LogP) is 5.54. The van der Waals surface area contributed by atoms with Gasteiger partial charge in [0.25, 0.3) is 5.69 Å². The molecule has 158 valence electrons. The van der Waals surface area contributed by atoms with Crippen molar-refractivity contribution >= 4 is 11.8 Å². The third-order valence-corrected chi connectivity index (χ3v) is 4.24. The topological polar surface area (TPSA) is 87.9 Å². The van der Waals surface area contributed by atoms with Crippen molar-refractivity contribution in [3.05, 3.63) is 113 Å². The second-order valence-corrected chi connectivity index (χ2v) is 6.55. The van der Waals surface area contributed by atoms with E-state index in [2.05, 4.69) is 12.2 Å². The van der Waals surface area contributed by atoms with Crippen LogP contribution in [0.1, 0.15) is 5.56 Å². The molecule has 0 fully saturated rings. The molecule has 0 saturated carbocycles. The Balaban J connectivity index is 1.44. The molecule has 7 heteroatoms. The molecule has 2 aromatic carbocycles. The zero-order valence-electron chi connectivity index (χ0n) is 16.6. The molecule has 7 nitrogen and oxygen atoms in total. The van der Waals surface area contributed by atoms with Crippen LogP contribution in [0.2, 0.25) is 0 Å². The van der Waals surface area contributed by atoms with Crippen LogP contribution in [0.3, 0.4) is 0 Å². The lowest BCUT2D eigenvalue weighted by Gasteiger charge is -2.11. The van der Waals surface area contributed by atoms with E-state index in [-0.39, 0.29) is 24.0 Å². The molecule has 0 amide bonds. The number of non-ortho nitro benzene ring substituents is 1. The summed E-state index contributed by atoms with van der Waals surface area (Å²) in [5.74, 6) is 1.04. The first-order valence-electron chi connectivity index (χ1n) is 9.59. The summed E-state index contributed by atoms with van der Waals surface area (Å²) in [5.41, 5.74) is 0.680. The van der Waals surface area contributed by atoms with Crippen molar-refractivity contribution < 1.29 is 23.9 Å². The van der Waals surface area contributed by atoms with Crippen LogP contribution in [0.4, 0.5) is 10.5 Å². The first kappa shape index (κ1) is 21.6. The Morgan fingerprint density at radius 2 is 1.42 bits per heavy atom. The summed E-state index contributed by atoms with van der Waals surface area (Å²) in [6, 6.07) is 12.4. The quantitative estimate of drug-likeness (QED) is 0.253. The number of carbonyl (C=O) groups is 1. The highest BCUT2D eigenvalue weighted by Crippen LogP contribution is 2.19. The van der Waals surface area contributed by atoms with Gasteiger partial charge in [0.1, 0.15) is 18.1 Å². The molecule has 1 atom stereocenters. The fourth-order valence-electron chi connectivity index (χ4n) is 2.62. The summed E-state index contributed by atoms with van der Waals surface area (Å²) in [6.07, 6.45) is 15.1. The van der Waals surface area contributed by atoms with Crippen LogP contribution >= 0.6 is 0 Å². The number of benzene rings is 2. The Labute approximate surface area is 179 Å². The lowest BCUT2D eigenvalue weighted by atomic mass is 10.1. The zero-order valence-corrected chi connectivity index (χ0v) is 16.6. The molecule has 0 aromatic heterocycles. The van der Waals surface area contributed by atoms with Gasteiger partial charge in [-0.25, -0.2) is 4.79 Å². The molecular formula is C24H21NO6. The second kappa shape index (κ2) is 11.2. The van der Waals surface area contributed by atoms with Crippen molar-refractivity contribution in [2.45, 2.75) is 6.61 Å². The average Bonchev–Trinajstić information content (AvgIpc) is 2.91. The normalized spacial score (nSPS) is 18.0. The highest BCUT2D eigenvalue weighted by Gasteiger charge is 2.10. The third kappa shape index (κ3) is 7.32. The Hall–Kier alpha value is -4.13. The number of nitro benzene ring substituents is 1. The molecule has 0 spiro atoms. The molecule has 31 heavy (non-hydrogen) atoms. The van der Waals surface area contributed by atoms with Crippen LogP contribution in [0.15, 0.2) is 97.1 Å². The average molecular weight is 419 g/mol. The number of allylic oxidation sites excluding steroid dienone is 6. The molecule has 0 radical (unpaired) electrons. The maximum Gasteiger partial charge on any atom is 0.514 e. The number of rotatable bonds is 7. The Morgan fingerprint density at radius 3 is 2.03 bits per heavy atom. The van der Waals surface area contributed by atoms with Gasteiger partial charge in [-0.2, -0.15) is 0 Å². The Bertz CT molecular complexity index is 981.